The van der Waals surface area contributed by atoms with Crippen LogP contribution in [0.1, 0.15) is 6.92 Å². The van der Waals surface area contributed by atoms with Gasteiger partial charge in [0.1, 0.15) is 30.0 Å². The zero-order valence-electron chi connectivity index (χ0n) is 16.2. The van der Waals surface area contributed by atoms with Crippen molar-refractivity contribution < 1.29 is 65.8 Å². The fourth-order valence-corrected chi connectivity index (χ4v) is 5.96. The van der Waals surface area contributed by atoms with Crippen molar-refractivity contribution in [2.24, 2.45) is 10.7 Å². The summed E-state index contributed by atoms with van der Waals surface area (Å²) in [6.45, 7) is 1.88. The van der Waals surface area contributed by atoms with Crippen LogP contribution >= 0.6 is 23.5 Å². The number of phosphoric ester groups is 1. The standard InChI is InChI=1S/C12H21FN3O13P3/c1-7-15-8(14)3-4-16(7)10-12(18,5-13)9(17)11(2,27-10)6-26-31(22,23)29-32(24,25)28-30(19,20)21/h3-4,9-10,17-18H,1,5-6H2,2H3,(H2,14,15)(H,22,23)(H,24,25)(H2,19,20,21)/t9-,10+,11+,12?/m0/s1. The molecule has 184 valence electrons. The van der Waals surface area contributed by atoms with Gasteiger partial charge in [-0.3, -0.25) is 4.52 Å². The highest BCUT2D eigenvalue weighted by Crippen LogP contribution is 2.66. The van der Waals surface area contributed by atoms with Crippen LogP contribution in [0.15, 0.2) is 29.7 Å². The first-order valence-electron chi connectivity index (χ1n) is 8.26. The first-order valence-corrected chi connectivity index (χ1v) is 12.8. The second-order valence-electron chi connectivity index (χ2n) is 6.85. The third-order valence-corrected chi connectivity index (χ3v) is 8.00. The Balaban J connectivity index is 2.20. The van der Waals surface area contributed by atoms with E-state index < -0.39 is 60.3 Å². The molecule has 1 fully saturated rings. The van der Waals surface area contributed by atoms with Crippen molar-refractivity contribution in [2.75, 3.05) is 13.3 Å². The summed E-state index contributed by atoms with van der Waals surface area (Å²) in [6.07, 6.45) is -1.32. The van der Waals surface area contributed by atoms with E-state index in [4.69, 9.17) is 25.2 Å². The number of halogens is 1. The van der Waals surface area contributed by atoms with Gasteiger partial charge in [-0.2, -0.15) is 8.62 Å². The normalized spacial score (nSPS) is 34.8. The number of aliphatic hydroxyl groups excluding tert-OH is 1. The van der Waals surface area contributed by atoms with Crippen LogP contribution in [0.2, 0.25) is 0 Å². The molecule has 20 heteroatoms. The molecule has 16 nitrogen and oxygen atoms in total. The Bertz CT molecular complexity index is 971. The topological polar surface area (TPSA) is 251 Å². The van der Waals surface area contributed by atoms with Gasteiger partial charge < -0.3 is 45.2 Å². The second kappa shape index (κ2) is 8.96. The number of hydrogen-bond acceptors (Lipinski definition) is 12. The first kappa shape index (κ1) is 27.2. The molecule has 3 unspecified atom stereocenters. The minimum Gasteiger partial charge on any atom is -0.387 e. The van der Waals surface area contributed by atoms with Gasteiger partial charge in [0.2, 0.25) is 0 Å². The molecule has 32 heavy (non-hydrogen) atoms. The lowest BCUT2D eigenvalue weighted by molar-refractivity contribution is -0.138. The lowest BCUT2D eigenvalue weighted by atomic mass is 9.88. The van der Waals surface area contributed by atoms with Crippen molar-refractivity contribution in [1.82, 2.24) is 4.90 Å². The summed E-state index contributed by atoms with van der Waals surface area (Å²) < 4.78 is 64.8. The highest BCUT2D eigenvalue weighted by molar-refractivity contribution is 7.66. The molecule has 0 amide bonds. The van der Waals surface area contributed by atoms with E-state index in [-0.39, 0.29) is 11.7 Å². The molecule has 2 aliphatic heterocycles. The van der Waals surface area contributed by atoms with Gasteiger partial charge in [-0.1, -0.05) is 6.58 Å². The molecule has 0 bridgehead atoms. The zero-order valence-corrected chi connectivity index (χ0v) is 18.8. The molecule has 0 saturated carbocycles. The van der Waals surface area contributed by atoms with Crippen LogP contribution in [0.5, 0.6) is 0 Å². The van der Waals surface area contributed by atoms with Crippen LogP contribution < -0.4 is 5.73 Å². The Labute approximate surface area is 179 Å². The Morgan fingerprint density at radius 2 is 1.88 bits per heavy atom. The Hall–Kier alpha value is -1.03. The molecule has 2 heterocycles. The Morgan fingerprint density at radius 3 is 2.38 bits per heavy atom. The van der Waals surface area contributed by atoms with Crippen LogP contribution in [0.4, 0.5) is 4.39 Å². The molecular formula is C12H21FN3O13P3. The summed E-state index contributed by atoms with van der Waals surface area (Å²) in [4.78, 5) is 40.6. The van der Waals surface area contributed by atoms with E-state index >= 15 is 0 Å². The summed E-state index contributed by atoms with van der Waals surface area (Å²) in [5, 5.41) is 21.2. The number of phosphoric acid groups is 3. The minimum absolute atomic E-state index is 0.0315. The Kier molecular flexibility index (Phi) is 7.62. The van der Waals surface area contributed by atoms with Gasteiger partial charge in [-0.05, 0) is 13.0 Å². The van der Waals surface area contributed by atoms with E-state index in [1.54, 1.807) is 0 Å². The zero-order chi connectivity index (χ0) is 24.8. The number of ether oxygens (including phenoxy) is 1. The molecule has 2 aliphatic rings. The van der Waals surface area contributed by atoms with E-state index in [2.05, 4.69) is 24.7 Å². The number of hydrogen-bond donors (Lipinski definition) is 7. The summed E-state index contributed by atoms with van der Waals surface area (Å²) in [7, 11) is -17.0. The molecule has 0 aliphatic carbocycles. The number of aliphatic hydroxyl groups is 2. The van der Waals surface area contributed by atoms with E-state index in [1.165, 1.54) is 12.3 Å². The average Bonchev–Trinajstić information content (AvgIpc) is 2.80. The van der Waals surface area contributed by atoms with Crippen LogP contribution in [0.3, 0.4) is 0 Å². The molecular weight excluding hydrogens is 506 g/mol. The van der Waals surface area contributed by atoms with Crippen molar-refractivity contribution in [1.29, 1.82) is 0 Å². The fourth-order valence-electron chi connectivity index (χ4n) is 2.85. The van der Waals surface area contributed by atoms with Crippen molar-refractivity contribution in [3.05, 3.63) is 24.7 Å². The minimum atomic E-state index is -5.78. The Morgan fingerprint density at radius 1 is 1.28 bits per heavy atom. The average molecular weight is 527 g/mol. The highest BCUT2D eigenvalue weighted by Gasteiger charge is 2.64. The van der Waals surface area contributed by atoms with Gasteiger partial charge in [0.05, 0.1) is 6.61 Å². The molecule has 0 spiro atoms. The van der Waals surface area contributed by atoms with E-state index in [1.807, 2.05) is 0 Å². The summed E-state index contributed by atoms with van der Waals surface area (Å²) in [5.41, 5.74) is 0.742. The molecule has 0 aromatic heterocycles. The predicted octanol–water partition coefficient (Wildman–Crippen LogP) is -0.836. The number of nitrogens with zero attached hydrogens (tertiary/aromatic N) is 2. The monoisotopic (exact) mass is 527 g/mol. The maximum absolute atomic E-state index is 13.8. The predicted molar refractivity (Wildman–Crippen MR) is 102 cm³/mol. The van der Waals surface area contributed by atoms with Crippen molar-refractivity contribution in [2.45, 2.75) is 30.5 Å². The number of aliphatic imine (C=N–C) groups is 1. The molecule has 0 radical (unpaired) electrons. The third kappa shape index (κ3) is 6.10. The summed E-state index contributed by atoms with van der Waals surface area (Å²) in [5.74, 6) is -0.0739. The number of amidine groups is 1. The SMILES string of the molecule is C=C1N=C(N)C=CN1[C@@H]1O[C@](C)(COP(=O)(O)OP(=O)(O)OP(=O)(O)O)[C@H](O)C1(O)CF. The lowest BCUT2D eigenvalue weighted by Crippen LogP contribution is -2.57. The second-order valence-corrected chi connectivity index (χ2v) is 11.3. The molecule has 0 aromatic carbocycles. The van der Waals surface area contributed by atoms with Crippen molar-refractivity contribution in [3.8, 4) is 0 Å². The number of nitrogens with two attached hydrogens (primary N) is 1. The van der Waals surface area contributed by atoms with Crippen molar-refractivity contribution in [3.63, 3.8) is 0 Å². The van der Waals surface area contributed by atoms with Gasteiger partial charge >= 0.3 is 23.5 Å². The summed E-state index contributed by atoms with van der Waals surface area (Å²) in [6, 6.07) is 0. The van der Waals surface area contributed by atoms with Crippen LogP contribution in [0, 0.1) is 0 Å². The van der Waals surface area contributed by atoms with Crippen LogP contribution in [-0.4, -0.2) is 77.3 Å². The van der Waals surface area contributed by atoms with E-state index in [0.717, 1.165) is 11.8 Å². The van der Waals surface area contributed by atoms with Gasteiger partial charge in [0, 0.05) is 6.20 Å². The van der Waals surface area contributed by atoms with Gasteiger partial charge in [0.25, 0.3) is 0 Å². The maximum Gasteiger partial charge on any atom is 0.490 e. The molecule has 0 aromatic rings. The molecule has 1 saturated heterocycles. The molecule has 6 atom stereocenters. The van der Waals surface area contributed by atoms with Gasteiger partial charge in [0.15, 0.2) is 11.8 Å². The van der Waals surface area contributed by atoms with Gasteiger partial charge in [-0.15, -0.1) is 0 Å². The largest absolute Gasteiger partial charge is 0.490 e. The number of rotatable bonds is 9. The fraction of sp³-hybridized carbons (Fsp3) is 0.583. The summed E-state index contributed by atoms with van der Waals surface area (Å²) >= 11 is 0. The first-order chi connectivity index (χ1) is 14.3. The number of alkyl halides is 1. The van der Waals surface area contributed by atoms with Gasteiger partial charge in [-0.25, -0.2) is 23.1 Å². The van der Waals surface area contributed by atoms with Crippen LogP contribution in [-0.2, 0) is 31.6 Å². The quantitative estimate of drug-likeness (QED) is 0.181. The maximum atomic E-state index is 13.8. The molecule has 2 rings (SSSR count). The third-order valence-electron chi connectivity index (χ3n) is 4.22. The lowest BCUT2D eigenvalue weighted by Gasteiger charge is -2.36. The van der Waals surface area contributed by atoms with Crippen LogP contribution in [0.25, 0.3) is 0 Å². The smallest absolute Gasteiger partial charge is 0.387 e. The molecule has 8 N–H and O–H groups in total. The highest BCUT2D eigenvalue weighted by atomic mass is 31.3. The van der Waals surface area contributed by atoms with E-state index in [9.17, 15) is 33.2 Å². The van der Waals surface area contributed by atoms with Crippen molar-refractivity contribution >= 4 is 29.3 Å². The van der Waals surface area contributed by atoms with E-state index in [0.29, 0.717) is 0 Å².